The first kappa shape index (κ1) is 18.4. The van der Waals surface area contributed by atoms with Crippen molar-refractivity contribution in [3.63, 3.8) is 0 Å². The molecule has 1 rings (SSSR count). The van der Waals surface area contributed by atoms with E-state index in [9.17, 15) is 13.2 Å². The monoisotopic (exact) mass is 328 g/mol. The van der Waals surface area contributed by atoms with Crippen LogP contribution < -0.4 is 9.46 Å². The standard InChI is InChI=1S/C15H24N2O4S/c1-12-9-13(2)11-14(10-12)21-8-5-15(18)17(3)7-6-16-22(4,19)20/h9-11,16H,5-8H2,1-4H3. The number of amides is 1. The van der Waals surface area contributed by atoms with Gasteiger partial charge in [-0.25, -0.2) is 13.1 Å². The van der Waals surface area contributed by atoms with E-state index in [1.54, 1.807) is 7.05 Å². The minimum Gasteiger partial charge on any atom is -0.493 e. The molecule has 124 valence electrons. The summed E-state index contributed by atoms with van der Waals surface area (Å²) in [7, 11) is -1.58. The molecule has 22 heavy (non-hydrogen) atoms. The molecular formula is C15H24N2O4S. The molecule has 6 nitrogen and oxygen atoms in total. The Labute approximate surface area is 132 Å². The zero-order valence-electron chi connectivity index (χ0n) is 13.5. The summed E-state index contributed by atoms with van der Waals surface area (Å²) in [5.74, 6) is 0.673. The number of ether oxygens (including phenoxy) is 1. The molecule has 0 heterocycles. The normalized spacial score (nSPS) is 11.3. The minimum absolute atomic E-state index is 0.0836. The second-order valence-electron chi connectivity index (χ2n) is 5.40. The van der Waals surface area contributed by atoms with Gasteiger partial charge in [-0.3, -0.25) is 4.79 Å². The predicted molar refractivity (Wildman–Crippen MR) is 86.5 cm³/mol. The van der Waals surface area contributed by atoms with Crippen LogP contribution in [0, 0.1) is 13.8 Å². The van der Waals surface area contributed by atoms with Gasteiger partial charge in [-0.05, 0) is 37.1 Å². The number of rotatable bonds is 8. The average molecular weight is 328 g/mol. The van der Waals surface area contributed by atoms with Crippen molar-refractivity contribution in [2.24, 2.45) is 0 Å². The molecule has 0 bridgehead atoms. The van der Waals surface area contributed by atoms with Gasteiger partial charge in [-0.1, -0.05) is 6.07 Å². The third-order valence-electron chi connectivity index (χ3n) is 3.02. The van der Waals surface area contributed by atoms with Gasteiger partial charge in [0.1, 0.15) is 5.75 Å². The van der Waals surface area contributed by atoms with Crippen LogP contribution in [0.3, 0.4) is 0 Å². The highest BCUT2D eigenvalue weighted by molar-refractivity contribution is 7.88. The number of carbonyl (C=O) groups excluding carboxylic acids is 1. The molecule has 0 saturated carbocycles. The summed E-state index contributed by atoms with van der Waals surface area (Å²) >= 11 is 0. The van der Waals surface area contributed by atoms with E-state index in [-0.39, 0.29) is 18.9 Å². The molecule has 0 saturated heterocycles. The van der Waals surface area contributed by atoms with Crippen molar-refractivity contribution in [1.82, 2.24) is 9.62 Å². The van der Waals surface area contributed by atoms with Crippen LogP contribution in [0.15, 0.2) is 18.2 Å². The van der Waals surface area contributed by atoms with E-state index in [1.807, 2.05) is 26.0 Å². The van der Waals surface area contributed by atoms with E-state index in [0.29, 0.717) is 13.2 Å². The summed E-state index contributed by atoms with van der Waals surface area (Å²) in [6.07, 6.45) is 1.34. The number of nitrogens with zero attached hydrogens (tertiary/aromatic N) is 1. The smallest absolute Gasteiger partial charge is 0.225 e. The van der Waals surface area contributed by atoms with Crippen LogP contribution >= 0.6 is 0 Å². The molecule has 7 heteroatoms. The van der Waals surface area contributed by atoms with Gasteiger partial charge in [0.15, 0.2) is 0 Å². The van der Waals surface area contributed by atoms with Crippen LogP contribution in [0.5, 0.6) is 5.75 Å². The van der Waals surface area contributed by atoms with Gasteiger partial charge in [0.25, 0.3) is 0 Å². The van der Waals surface area contributed by atoms with Crippen molar-refractivity contribution in [3.05, 3.63) is 29.3 Å². The maximum absolute atomic E-state index is 11.9. The second-order valence-corrected chi connectivity index (χ2v) is 7.24. The lowest BCUT2D eigenvalue weighted by molar-refractivity contribution is -0.130. The second kappa shape index (κ2) is 8.14. The largest absolute Gasteiger partial charge is 0.493 e. The summed E-state index contributed by atoms with van der Waals surface area (Å²) in [6, 6.07) is 5.91. The fourth-order valence-corrected chi connectivity index (χ4v) is 2.45. The Kier molecular flexibility index (Phi) is 6.83. The van der Waals surface area contributed by atoms with E-state index < -0.39 is 10.0 Å². The molecule has 0 atom stereocenters. The lowest BCUT2D eigenvalue weighted by Gasteiger charge is -2.17. The van der Waals surface area contributed by atoms with Crippen molar-refractivity contribution in [2.75, 3.05) is 33.0 Å². The van der Waals surface area contributed by atoms with Crippen LogP contribution in [-0.2, 0) is 14.8 Å². The number of hydrogen-bond donors (Lipinski definition) is 1. The fourth-order valence-electron chi connectivity index (χ4n) is 1.99. The first-order valence-electron chi connectivity index (χ1n) is 7.07. The number of hydrogen-bond acceptors (Lipinski definition) is 4. The Balaban J connectivity index is 2.33. The molecule has 1 aromatic carbocycles. The molecule has 1 aromatic rings. The first-order chi connectivity index (χ1) is 10.2. The number of likely N-dealkylation sites (N-methyl/N-ethyl adjacent to an activating group) is 1. The molecule has 0 aliphatic heterocycles. The Morgan fingerprint density at radius 3 is 2.36 bits per heavy atom. The Bertz CT molecular complexity index is 594. The molecule has 1 amide bonds. The van der Waals surface area contributed by atoms with Crippen molar-refractivity contribution in [3.8, 4) is 5.75 Å². The highest BCUT2D eigenvalue weighted by atomic mass is 32.2. The average Bonchev–Trinajstić information content (AvgIpc) is 2.35. The van der Waals surface area contributed by atoms with Crippen molar-refractivity contribution in [2.45, 2.75) is 20.3 Å². The quantitative estimate of drug-likeness (QED) is 0.775. The molecule has 0 spiro atoms. The van der Waals surface area contributed by atoms with Gasteiger partial charge in [-0.2, -0.15) is 0 Å². The van der Waals surface area contributed by atoms with E-state index in [1.165, 1.54) is 4.90 Å². The molecule has 0 unspecified atom stereocenters. The molecule has 1 N–H and O–H groups in total. The topological polar surface area (TPSA) is 75.7 Å². The molecule has 0 radical (unpaired) electrons. The number of carbonyl (C=O) groups is 1. The van der Waals surface area contributed by atoms with Crippen molar-refractivity contribution < 1.29 is 17.9 Å². The lowest BCUT2D eigenvalue weighted by Crippen LogP contribution is -2.36. The number of nitrogens with one attached hydrogen (secondary N) is 1. The summed E-state index contributed by atoms with van der Waals surface area (Å²) in [5.41, 5.74) is 2.23. The summed E-state index contributed by atoms with van der Waals surface area (Å²) < 4.78 is 29.8. The Morgan fingerprint density at radius 2 is 1.82 bits per heavy atom. The summed E-state index contributed by atoms with van der Waals surface area (Å²) in [6.45, 7) is 4.82. The van der Waals surface area contributed by atoms with E-state index >= 15 is 0 Å². The highest BCUT2D eigenvalue weighted by Gasteiger charge is 2.10. The summed E-state index contributed by atoms with van der Waals surface area (Å²) in [5, 5.41) is 0. The maximum Gasteiger partial charge on any atom is 0.225 e. The van der Waals surface area contributed by atoms with E-state index in [4.69, 9.17) is 4.74 Å². The van der Waals surface area contributed by atoms with Crippen molar-refractivity contribution in [1.29, 1.82) is 0 Å². The van der Waals surface area contributed by atoms with Gasteiger partial charge in [0.2, 0.25) is 15.9 Å². The van der Waals surface area contributed by atoms with E-state index in [0.717, 1.165) is 23.1 Å². The molecule has 0 aromatic heterocycles. The van der Waals surface area contributed by atoms with Crippen LogP contribution in [0.25, 0.3) is 0 Å². The zero-order chi connectivity index (χ0) is 16.8. The SMILES string of the molecule is Cc1cc(C)cc(OCCC(=O)N(C)CCNS(C)(=O)=O)c1. The zero-order valence-corrected chi connectivity index (χ0v) is 14.4. The lowest BCUT2D eigenvalue weighted by atomic mass is 10.1. The van der Waals surface area contributed by atoms with Gasteiger partial charge < -0.3 is 9.64 Å². The molecule has 0 fully saturated rings. The predicted octanol–water partition coefficient (Wildman–Crippen LogP) is 1.08. The van der Waals surface area contributed by atoms with Crippen LogP contribution in [-0.4, -0.2) is 52.2 Å². The van der Waals surface area contributed by atoms with E-state index in [2.05, 4.69) is 10.8 Å². The van der Waals surface area contributed by atoms with Crippen molar-refractivity contribution >= 4 is 15.9 Å². The third kappa shape index (κ3) is 7.42. The van der Waals surface area contributed by atoms with Gasteiger partial charge >= 0.3 is 0 Å². The molecular weight excluding hydrogens is 304 g/mol. The highest BCUT2D eigenvalue weighted by Crippen LogP contribution is 2.16. The Morgan fingerprint density at radius 1 is 1.23 bits per heavy atom. The third-order valence-corrected chi connectivity index (χ3v) is 3.75. The molecule has 0 aliphatic carbocycles. The fraction of sp³-hybridized carbons (Fsp3) is 0.533. The van der Waals surface area contributed by atoms with Gasteiger partial charge in [-0.15, -0.1) is 0 Å². The molecule has 0 aliphatic rings. The van der Waals surface area contributed by atoms with Crippen LogP contribution in [0.2, 0.25) is 0 Å². The number of aryl methyl sites for hydroxylation is 2. The van der Waals surface area contributed by atoms with Gasteiger partial charge in [0, 0.05) is 20.1 Å². The number of benzene rings is 1. The minimum atomic E-state index is -3.22. The Hall–Kier alpha value is -1.60. The number of sulfonamides is 1. The summed E-state index contributed by atoms with van der Waals surface area (Å²) in [4.78, 5) is 13.4. The van der Waals surface area contributed by atoms with Crippen LogP contribution in [0.1, 0.15) is 17.5 Å². The maximum atomic E-state index is 11.9. The van der Waals surface area contributed by atoms with Gasteiger partial charge in [0.05, 0.1) is 19.3 Å². The first-order valence-corrected chi connectivity index (χ1v) is 8.96. The van der Waals surface area contributed by atoms with Crippen LogP contribution in [0.4, 0.5) is 0 Å².